The molecule has 0 saturated heterocycles. The Morgan fingerprint density at radius 1 is 0.432 bits per heavy atom. The Bertz CT molecular complexity index is 2080. The molecule has 0 spiro atoms. The summed E-state index contributed by atoms with van der Waals surface area (Å²) in [7, 11) is 0. The van der Waals surface area contributed by atoms with Crippen molar-refractivity contribution in [2.24, 2.45) is 0 Å². The largest absolute Gasteiger partial charge is 0.310 e. The number of rotatable bonds is 4. The van der Waals surface area contributed by atoms with Crippen molar-refractivity contribution in [3.05, 3.63) is 161 Å². The Hall–Kier alpha value is -4.88. The molecule has 44 heavy (non-hydrogen) atoms. The van der Waals surface area contributed by atoms with Crippen LogP contribution in [-0.4, -0.2) is 0 Å². The summed E-state index contributed by atoms with van der Waals surface area (Å²) in [6.07, 6.45) is 0. The standard InChI is InChI=1S/C43H37N/c1-28-26-30(29-14-7-6-8-15-29)22-25-39(28)44(31-23-24-34-32-16-9-11-19-36(32)42(2,3)38(34)27-31)40-21-13-18-35-33-17-10-12-20-37(33)43(4,5)41(35)40/h6-27H,1-5H3. The Morgan fingerprint density at radius 2 is 1.05 bits per heavy atom. The first-order valence-corrected chi connectivity index (χ1v) is 15.7. The van der Waals surface area contributed by atoms with Gasteiger partial charge in [-0.2, -0.15) is 0 Å². The van der Waals surface area contributed by atoms with Crippen LogP contribution in [0.25, 0.3) is 33.4 Å². The minimum Gasteiger partial charge on any atom is -0.310 e. The molecule has 8 rings (SSSR count). The molecule has 0 unspecified atom stereocenters. The van der Waals surface area contributed by atoms with E-state index in [0.717, 1.165) is 0 Å². The van der Waals surface area contributed by atoms with Crippen molar-refractivity contribution in [2.45, 2.75) is 45.4 Å². The molecule has 0 atom stereocenters. The molecule has 2 aliphatic rings. The zero-order valence-electron chi connectivity index (χ0n) is 26.1. The van der Waals surface area contributed by atoms with E-state index in [0.29, 0.717) is 0 Å². The smallest absolute Gasteiger partial charge is 0.0508 e. The molecular formula is C43H37N. The normalized spacial score (nSPS) is 14.8. The van der Waals surface area contributed by atoms with E-state index in [1.54, 1.807) is 0 Å². The predicted octanol–water partition coefficient (Wildman–Crippen LogP) is 11.7. The minimum atomic E-state index is -0.134. The zero-order valence-corrected chi connectivity index (χ0v) is 26.1. The number of benzene rings is 6. The Labute approximate surface area is 261 Å². The summed E-state index contributed by atoms with van der Waals surface area (Å²) >= 11 is 0. The zero-order chi connectivity index (χ0) is 30.2. The summed E-state index contributed by atoms with van der Waals surface area (Å²) in [6, 6.07) is 49.5. The second-order valence-electron chi connectivity index (χ2n) is 13.5. The van der Waals surface area contributed by atoms with Crippen molar-refractivity contribution in [1.29, 1.82) is 0 Å². The maximum absolute atomic E-state index is 2.52. The van der Waals surface area contributed by atoms with Gasteiger partial charge in [-0.15, -0.1) is 0 Å². The topological polar surface area (TPSA) is 3.24 Å². The molecule has 1 heteroatoms. The number of hydrogen-bond acceptors (Lipinski definition) is 1. The van der Waals surface area contributed by atoms with Crippen molar-refractivity contribution in [3.63, 3.8) is 0 Å². The SMILES string of the molecule is Cc1cc(-c2ccccc2)ccc1N(c1ccc2c(c1)C(C)(C)c1ccccc1-2)c1cccc2c1C(C)(C)c1ccccc1-2. The van der Waals surface area contributed by atoms with Gasteiger partial charge in [-0.3, -0.25) is 0 Å². The fraction of sp³-hybridized carbons (Fsp3) is 0.163. The molecule has 2 aliphatic carbocycles. The van der Waals surface area contributed by atoms with E-state index in [1.807, 2.05) is 0 Å². The Kier molecular flexibility index (Phi) is 5.81. The summed E-state index contributed by atoms with van der Waals surface area (Å²) in [6.45, 7) is 11.8. The molecule has 0 fully saturated rings. The molecule has 0 amide bonds. The van der Waals surface area contributed by atoms with Gasteiger partial charge in [0.15, 0.2) is 0 Å². The third-order valence-electron chi connectivity index (χ3n) is 10.2. The first-order chi connectivity index (χ1) is 21.3. The Morgan fingerprint density at radius 3 is 1.77 bits per heavy atom. The molecule has 0 aromatic heterocycles. The third kappa shape index (κ3) is 3.78. The van der Waals surface area contributed by atoms with Gasteiger partial charge >= 0.3 is 0 Å². The van der Waals surface area contributed by atoms with Crippen LogP contribution < -0.4 is 4.90 Å². The van der Waals surface area contributed by atoms with Gasteiger partial charge in [0.2, 0.25) is 0 Å². The molecule has 0 aliphatic heterocycles. The van der Waals surface area contributed by atoms with E-state index in [1.165, 1.54) is 78.3 Å². The molecule has 0 N–H and O–H groups in total. The number of hydrogen-bond donors (Lipinski definition) is 0. The second kappa shape index (κ2) is 9.56. The van der Waals surface area contributed by atoms with E-state index in [9.17, 15) is 0 Å². The summed E-state index contributed by atoms with van der Waals surface area (Å²) < 4.78 is 0. The lowest BCUT2D eigenvalue weighted by molar-refractivity contribution is 0.658. The summed E-state index contributed by atoms with van der Waals surface area (Å²) in [5, 5.41) is 0. The van der Waals surface area contributed by atoms with Gasteiger partial charge in [-0.1, -0.05) is 131 Å². The minimum absolute atomic E-state index is 0.0754. The quantitative estimate of drug-likeness (QED) is 0.205. The van der Waals surface area contributed by atoms with Crippen molar-refractivity contribution >= 4 is 17.1 Å². The van der Waals surface area contributed by atoms with Gasteiger partial charge < -0.3 is 4.90 Å². The highest BCUT2D eigenvalue weighted by atomic mass is 15.1. The lowest BCUT2D eigenvalue weighted by Gasteiger charge is -2.34. The average Bonchev–Trinajstić information content (AvgIpc) is 3.42. The van der Waals surface area contributed by atoms with Crippen molar-refractivity contribution in [2.75, 3.05) is 4.90 Å². The molecule has 214 valence electrons. The summed E-state index contributed by atoms with van der Waals surface area (Å²) in [5.41, 5.74) is 18.1. The lowest BCUT2D eigenvalue weighted by atomic mass is 9.81. The van der Waals surface area contributed by atoms with E-state index in [-0.39, 0.29) is 10.8 Å². The van der Waals surface area contributed by atoms with E-state index in [4.69, 9.17) is 0 Å². The second-order valence-corrected chi connectivity index (χ2v) is 13.5. The highest BCUT2D eigenvalue weighted by molar-refractivity contribution is 5.92. The van der Waals surface area contributed by atoms with Crippen molar-refractivity contribution in [3.8, 4) is 33.4 Å². The predicted molar refractivity (Wildman–Crippen MR) is 186 cm³/mol. The highest BCUT2D eigenvalue weighted by Gasteiger charge is 2.40. The average molecular weight is 568 g/mol. The fourth-order valence-electron chi connectivity index (χ4n) is 7.96. The molecule has 0 saturated carbocycles. The van der Waals surface area contributed by atoms with Crippen LogP contribution in [0.1, 0.15) is 55.5 Å². The van der Waals surface area contributed by atoms with Gasteiger partial charge in [0.1, 0.15) is 0 Å². The van der Waals surface area contributed by atoms with E-state index in [2.05, 4.69) is 173 Å². The van der Waals surface area contributed by atoms with Gasteiger partial charge in [-0.05, 0) is 98.5 Å². The van der Waals surface area contributed by atoms with Crippen LogP contribution in [0.5, 0.6) is 0 Å². The monoisotopic (exact) mass is 567 g/mol. The molecule has 0 bridgehead atoms. The number of nitrogens with zero attached hydrogens (tertiary/aromatic N) is 1. The molecule has 1 nitrogen and oxygen atoms in total. The highest BCUT2D eigenvalue weighted by Crippen LogP contribution is 2.56. The van der Waals surface area contributed by atoms with Gasteiger partial charge in [0.05, 0.1) is 5.69 Å². The molecule has 0 heterocycles. The van der Waals surface area contributed by atoms with Crippen LogP contribution in [-0.2, 0) is 10.8 Å². The van der Waals surface area contributed by atoms with E-state index < -0.39 is 0 Å². The third-order valence-corrected chi connectivity index (χ3v) is 10.2. The molecule has 6 aromatic rings. The number of fused-ring (bicyclic) bond motifs is 6. The van der Waals surface area contributed by atoms with Crippen LogP contribution in [0.2, 0.25) is 0 Å². The maximum atomic E-state index is 2.52. The van der Waals surface area contributed by atoms with Gasteiger partial charge in [-0.25, -0.2) is 0 Å². The fourth-order valence-corrected chi connectivity index (χ4v) is 7.96. The first-order valence-electron chi connectivity index (χ1n) is 15.7. The van der Waals surface area contributed by atoms with Gasteiger partial charge in [0.25, 0.3) is 0 Å². The summed E-state index contributed by atoms with van der Waals surface area (Å²) in [5.74, 6) is 0. The number of aryl methyl sites for hydroxylation is 1. The van der Waals surface area contributed by atoms with Crippen molar-refractivity contribution in [1.82, 2.24) is 0 Å². The molecular weight excluding hydrogens is 530 g/mol. The van der Waals surface area contributed by atoms with Crippen LogP contribution >= 0.6 is 0 Å². The summed E-state index contributed by atoms with van der Waals surface area (Å²) in [4.78, 5) is 2.52. The van der Waals surface area contributed by atoms with Crippen LogP contribution in [0, 0.1) is 6.92 Å². The molecule has 0 radical (unpaired) electrons. The van der Waals surface area contributed by atoms with Crippen molar-refractivity contribution < 1.29 is 0 Å². The Balaban J connectivity index is 1.37. The van der Waals surface area contributed by atoms with Gasteiger partial charge in [0, 0.05) is 22.2 Å². The maximum Gasteiger partial charge on any atom is 0.0508 e. The first kappa shape index (κ1) is 26.7. The van der Waals surface area contributed by atoms with E-state index >= 15 is 0 Å². The van der Waals surface area contributed by atoms with Crippen LogP contribution in [0.4, 0.5) is 17.1 Å². The molecule has 6 aromatic carbocycles. The number of anilines is 3. The lowest BCUT2D eigenvalue weighted by Crippen LogP contribution is -2.21. The van der Waals surface area contributed by atoms with Crippen LogP contribution in [0.3, 0.4) is 0 Å². The van der Waals surface area contributed by atoms with Crippen LogP contribution in [0.15, 0.2) is 133 Å².